The van der Waals surface area contributed by atoms with Crippen LogP contribution < -0.4 is 0 Å². The number of rotatable bonds is 4. The summed E-state index contributed by atoms with van der Waals surface area (Å²) in [5.41, 5.74) is 3.07. The van der Waals surface area contributed by atoms with Gasteiger partial charge in [0, 0.05) is 18.0 Å². The summed E-state index contributed by atoms with van der Waals surface area (Å²) in [5, 5.41) is 10.3. The van der Waals surface area contributed by atoms with Crippen molar-refractivity contribution >= 4 is 11.8 Å². The molecule has 0 radical (unpaired) electrons. The zero-order valence-corrected chi connectivity index (χ0v) is 9.36. The second-order valence-corrected chi connectivity index (χ2v) is 3.19. The van der Waals surface area contributed by atoms with Gasteiger partial charge < -0.3 is 0 Å². The maximum atomic E-state index is 4.10. The van der Waals surface area contributed by atoms with E-state index in [0.29, 0.717) is 0 Å². The van der Waals surface area contributed by atoms with Crippen molar-refractivity contribution < 1.29 is 0 Å². The van der Waals surface area contributed by atoms with Gasteiger partial charge in [0.1, 0.15) is 5.69 Å². The molecule has 4 heteroatoms. The van der Waals surface area contributed by atoms with E-state index in [2.05, 4.69) is 40.3 Å². The zero-order valence-electron chi connectivity index (χ0n) is 9.36. The maximum Gasteiger partial charge on any atom is 0.114 e. The van der Waals surface area contributed by atoms with Gasteiger partial charge in [-0.25, -0.2) is 0 Å². The van der Waals surface area contributed by atoms with Crippen LogP contribution in [0.25, 0.3) is 5.57 Å². The molecule has 0 aliphatic carbocycles. The number of aliphatic imine (C=N–C) groups is 1. The Kier molecular flexibility index (Phi) is 4.47. The third-order valence-electron chi connectivity index (χ3n) is 2.03. The van der Waals surface area contributed by atoms with E-state index in [1.165, 1.54) is 5.57 Å². The summed E-state index contributed by atoms with van der Waals surface area (Å²) in [7, 11) is 0. The lowest BCUT2D eigenvalue weighted by molar-refractivity contribution is 0.936. The van der Waals surface area contributed by atoms with E-state index in [-0.39, 0.29) is 0 Å². The van der Waals surface area contributed by atoms with Crippen LogP contribution in [0.5, 0.6) is 0 Å². The Morgan fingerprint density at radius 2 is 2.40 bits per heavy atom. The van der Waals surface area contributed by atoms with Gasteiger partial charge in [0.05, 0.1) is 6.20 Å². The van der Waals surface area contributed by atoms with Crippen LogP contribution in [0.1, 0.15) is 32.9 Å². The number of nitrogens with one attached hydrogen (secondary N) is 1. The molecule has 0 aromatic carbocycles. The van der Waals surface area contributed by atoms with Crippen LogP contribution in [0.3, 0.4) is 0 Å². The van der Waals surface area contributed by atoms with Crippen LogP contribution in [-0.4, -0.2) is 21.6 Å². The van der Waals surface area contributed by atoms with Crippen LogP contribution in [0, 0.1) is 0 Å². The summed E-state index contributed by atoms with van der Waals surface area (Å²) in [6, 6.07) is 0. The van der Waals surface area contributed by atoms with Crippen molar-refractivity contribution in [1.82, 2.24) is 15.4 Å². The highest BCUT2D eigenvalue weighted by molar-refractivity contribution is 5.72. The van der Waals surface area contributed by atoms with E-state index in [1.54, 1.807) is 18.6 Å². The molecule has 0 unspecified atom stereocenters. The number of allylic oxidation sites excluding steroid dienone is 3. The van der Waals surface area contributed by atoms with Gasteiger partial charge in [-0.2, -0.15) is 0 Å². The quantitative estimate of drug-likeness (QED) is 0.605. The molecule has 80 valence electrons. The molecule has 1 aromatic rings. The molecule has 0 amide bonds. The normalized spacial score (nSPS) is 13.8. The first-order chi connectivity index (χ1) is 7.27. The van der Waals surface area contributed by atoms with Gasteiger partial charge in [-0.05, 0) is 20.3 Å². The number of aromatic amines is 1. The highest BCUT2D eigenvalue weighted by atomic mass is 15.3. The van der Waals surface area contributed by atoms with Gasteiger partial charge in [0.25, 0.3) is 0 Å². The molecule has 0 spiro atoms. The lowest BCUT2D eigenvalue weighted by Crippen LogP contribution is -1.83. The van der Waals surface area contributed by atoms with Crippen LogP contribution in [-0.2, 0) is 0 Å². The van der Waals surface area contributed by atoms with Crippen molar-refractivity contribution in [3.05, 3.63) is 29.7 Å². The highest BCUT2D eigenvalue weighted by Crippen LogP contribution is 2.15. The standard InChI is InChI=1S/C11H16N4/c1-4-9(3)6-10(7-12-5-2)11-8-13-15-14-11/h5-8H,4H2,1-3H3,(H,13,14,15)/b9-6+,10-7+,12-5-. The number of hydrogen-bond acceptors (Lipinski definition) is 3. The van der Waals surface area contributed by atoms with Crippen molar-refractivity contribution in [2.24, 2.45) is 4.99 Å². The Bertz CT molecular complexity index is 371. The van der Waals surface area contributed by atoms with Crippen molar-refractivity contribution in [2.45, 2.75) is 27.2 Å². The van der Waals surface area contributed by atoms with E-state index < -0.39 is 0 Å². The number of aromatic nitrogens is 3. The first kappa shape index (κ1) is 11.4. The number of nitrogens with zero attached hydrogens (tertiary/aromatic N) is 3. The minimum atomic E-state index is 0.813. The molecule has 0 bridgehead atoms. The Morgan fingerprint density at radius 3 is 2.93 bits per heavy atom. The smallest absolute Gasteiger partial charge is 0.114 e. The average Bonchev–Trinajstić information content (AvgIpc) is 2.77. The summed E-state index contributed by atoms with van der Waals surface area (Å²) in [5.74, 6) is 0. The van der Waals surface area contributed by atoms with E-state index in [0.717, 1.165) is 17.7 Å². The Labute approximate surface area is 89.8 Å². The fourth-order valence-electron chi connectivity index (χ4n) is 1.04. The van der Waals surface area contributed by atoms with Crippen molar-refractivity contribution in [2.75, 3.05) is 0 Å². The topological polar surface area (TPSA) is 53.9 Å². The molecule has 0 saturated heterocycles. The molecule has 0 fully saturated rings. The van der Waals surface area contributed by atoms with Gasteiger partial charge in [-0.3, -0.25) is 10.1 Å². The van der Waals surface area contributed by atoms with Gasteiger partial charge >= 0.3 is 0 Å². The Morgan fingerprint density at radius 1 is 1.60 bits per heavy atom. The molecular weight excluding hydrogens is 188 g/mol. The predicted octanol–water partition coefficient (Wildman–Crippen LogP) is 2.59. The SMILES string of the molecule is C\C=N/C=C(\C=C(/C)CC)c1c[nH]nn1. The van der Waals surface area contributed by atoms with E-state index in [1.807, 2.05) is 6.92 Å². The average molecular weight is 204 g/mol. The first-order valence-electron chi connectivity index (χ1n) is 4.99. The van der Waals surface area contributed by atoms with Gasteiger partial charge in [0.2, 0.25) is 0 Å². The Hall–Kier alpha value is -1.71. The molecule has 1 heterocycles. The minimum absolute atomic E-state index is 0.813. The van der Waals surface area contributed by atoms with Crippen molar-refractivity contribution in [1.29, 1.82) is 0 Å². The van der Waals surface area contributed by atoms with Gasteiger partial charge in [-0.15, -0.1) is 5.10 Å². The summed E-state index contributed by atoms with van der Waals surface area (Å²) in [6.45, 7) is 6.09. The molecule has 0 aliphatic heterocycles. The van der Waals surface area contributed by atoms with E-state index in [4.69, 9.17) is 0 Å². The highest BCUT2D eigenvalue weighted by Gasteiger charge is 2.01. The summed E-state index contributed by atoms with van der Waals surface area (Å²) in [6.07, 6.45) is 8.39. The lowest BCUT2D eigenvalue weighted by atomic mass is 10.1. The minimum Gasteiger partial charge on any atom is -0.269 e. The van der Waals surface area contributed by atoms with E-state index >= 15 is 0 Å². The molecule has 0 saturated carbocycles. The van der Waals surface area contributed by atoms with Crippen LogP contribution in [0.2, 0.25) is 0 Å². The summed E-state index contributed by atoms with van der Waals surface area (Å²) < 4.78 is 0. The fraction of sp³-hybridized carbons (Fsp3) is 0.364. The maximum absolute atomic E-state index is 4.10. The zero-order chi connectivity index (χ0) is 11.1. The molecule has 0 atom stereocenters. The largest absolute Gasteiger partial charge is 0.269 e. The molecular formula is C11H16N4. The predicted molar refractivity (Wildman–Crippen MR) is 62.6 cm³/mol. The van der Waals surface area contributed by atoms with E-state index in [9.17, 15) is 0 Å². The van der Waals surface area contributed by atoms with Crippen molar-refractivity contribution in [3.63, 3.8) is 0 Å². The molecule has 15 heavy (non-hydrogen) atoms. The fourth-order valence-corrected chi connectivity index (χ4v) is 1.04. The number of H-pyrrole nitrogens is 1. The lowest BCUT2D eigenvalue weighted by Gasteiger charge is -1.98. The van der Waals surface area contributed by atoms with Gasteiger partial charge in [-0.1, -0.05) is 23.8 Å². The molecule has 4 nitrogen and oxygen atoms in total. The first-order valence-corrected chi connectivity index (χ1v) is 4.99. The third kappa shape index (κ3) is 3.50. The number of hydrogen-bond donors (Lipinski definition) is 1. The van der Waals surface area contributed by atoms with Crippen LogP contribution >= 0.6 is 0 Å². The second-order valence-electron chi connectivity index (χ2n) is 3.19. The van der Waals surface area contributed by atoms with Gasteiger partial charge in [0.15, 0.2) is 0 Å². The molecule has 0 aliphatic rings. The summed E-state index contributed by atoms with van der Waals surface area (Å²) in [4.78, 5) is 4.10. The van der Waals surface area contributed by atoms with Crippen molar-refractivity contribution in [3.8, 4) is 0 Å². The molecule has 1 aromatic heterocycles. The summed E-state index contributed by atoms with van der Waals surface area (Å²) >= 11 is 0. The Balaban J connectivity index is 2.99. The third-order valence-corrected chi connectivity index (χ3v) is 2.03. The monoisotopic (exact) mass is 204 g/mol. The van der Waals surface area contributed by atoms with Crippen LogP contribution in [0.4, 0.5) is 0 Å². The molecule has 1 N–H and O–H groups in total. The van der Waals surface area contributed by atoms with Crippen LogP contribution in [0.15, 0.2) is 29.0 Å². The molecule has 1 rings (SSSR count). The second kappa shape index (κ2) is 5.90.